The largest absolute Gasteiger partial charge is 0.493 e. The molecule has 1 aliphatic heterocycles. The molecule has 0 aliphatic carbocycles. The number of amides is 4. The van der Waals surface area contributed by atoms with Crippen molar-refractivity contribution in [1.29, 1.82) is 0 Å². The molecule has 8 nitrogen and oxygen atoms in total. The molecule has 1 aromatic rings. The summed E-state index contributed by atoms with van der Waals surface area (Å²) in [6.07, 6.45) is 0.190. The Labute approximate surface area is 168 Å². The molecule has 1 aromatic carbocycles. The zero-order valence-electron chi connectivity index (χ0n) is 16.8. The number of nitrogens with zero attached hydrogens (tertiary/aromatic N) is 2. The summed E-state index contributed by atoms with van der Waals surface area (Å²) in [4.78, 5) is 38.8. The lowest BCUT2D eigenvalue weighted by Crippen LogP contribution is -2.51. The Kier molecular flexibility index (Phi) is 7.74. The van der Waals surface area contributed by atoms with Crippen molar-refractivity contribution in [2.45, 2.75) is 20.3 Å². The van der Waals surface area contributed by atoms with Gasteiger partial charge in [0.15, 0.2) is 11.6 Å². The van der Waals surface area contributed by atoms with E-state index >= 15 is 0 Å². The molecule has 1 aliphatic rings. The monoisotopic (exact) mass is 412 g/mol. The minimum Gasteiger partial charge on any atom is -0.493 e. The van der Waals surface area contributed by atoms with Crippen molar-refractivity contribution < 1.29 is 27.9 Å². The second-order valence-corrected chi connectivity index (χ2v) is 6.77. The molecule has 4 amide bonds. The molecule has 0 aromatic heterocycles. The predicted octanol–water partition coefficient (Wildman–Crippen LogP) is 1.49. The number of carbonyl (C=O) groups excluding carboxylic acids is 3. The van der Waals surface area contributed by atoms with Gasteiger partial charge in [-0.05, 0) is 0 Å². The van der Waals surface area contributed by atoms with E-state index in [1.54, 1.807) is 18.7 Å². The van der Waals surface area contributed by atoms with Crippen molar-refractivity contribution in [1.82, 2.24) is 15.5 Å². The van der Waals surface area contributed by atoms with Gasteiger partial charge in [0, 0.05) is 57.0 Å². The van der Waals surface area contributed by atoms with Crippen LogP contribution in [0.25, 0.3) is 0 Å². The number of hydrogen-bond donors (Lipinski definition) is 2. The van der Waals surface area contributed by atoms with Crippen LogP contribution >= 0.6 is 0 Å². The van der Waals surface area contributed by atoms with Crippen molar-refractivity contribution in [2.24, 2.45) is 5.92 Å². The highest BCUT2D eigenvalue weighted by Crippen LogP contribution is 2.28. The summed E-state index contributed by atoms with van der Waals surface area (Å²) in [5.74, 6) is -3.18. The van der Waals surface area contributed by atoms with E-state index in [4.69, 9.17) is 4.74 Å². The zero-order valence-corrected chi connectivity index (χ0v) is 16.8. The Hall–Kier alpha value is -2.91. The molecule has 0 radical (unpaired) electrons. The third-order valence-corrected chi connectivity index (χ3v) is 4.72. The first-order chi connectivity index (χ1) is 13.8. The van der Waals surface area contributed by atoms with Gasteiger partial charge in [0.1, 0.15) is 0 Å². The highest BCUT2D eigenvalue weighted by atomic mass is 19.2. The van der Waals surface area contributed by atoms with Crippen LogP contribution in [0.15, 0.2) is 12.1 Å². The number of hydrogen-bond acceptors (Lipinski definition) is 5. The van der Waals surface area contributed by atoms with Gasteiger partial charge in [-0.3, -0.25) is 14.9 Å². The van der Waals surface area contributed by atoms with E-state index in [0.29, 0.717) is 31.9 Å². The van der Waals surface area contributed by atoms with Gasteiger partial charge in [-0.1, -0.05) is 13.8 Å². The number of nitrogens with one attached hydrogen (secondary N) is 2. The first-order valence-electron chi connectivity index (χ1n) is 9.41. The van der Waals surface area contributed by atoms with Crippen LogP contribution < -0.4 is 20.3 Å². The van der Waals surface area contributed by atoms with Crippen LogP contribution in [0.3, 0.4) is 0 Å². The standard InChI is InChI=1S/C19H26F2N4O4/c1-4-16(26)23-19(28)22-11-12(2)18(27)25-7-5-24(6-8-25)13-9-14(20)17(21)15(10-13)29-3/h9-10,12H,4-8,11H2,1-3H3,(H2,22,23,26,28)/t12-/m0/s1. The Balaban J connectivity index is 1.87. The number of imide groups is 1. The number of carbonyl (C=O) groups is 3. The van der Waals surface area contributed by atoms with Gasteiger partial charge in [0.25, 0.3) is 0 Å². The number of benzene rings is 1. The van der Waals surface area contributed by atoms with Crippen molar-refractivity contribution in [3.63, 3.8) is 0 Å². The van der Waals surface area contributed by atoms with Crippen LogP contribution in [0, 0.1) is 17.6 Å². The van der Waals surface area contributed by atoms with Gasteiger partial charge >= 0.3 is 6.03 Å². The second-order valence-electron chi connectivity index (χ2n) is 6.77. The Morgan fingerprint density at radius 3 is 2.41 bits per heavy atom. The van der Waals surface area contributed by atoms with Crippen molar-refractivity contribution in [3.8, 4) is 5.75 Å². The summed E-state index contributed by atoms with van der Waals surface area (Å²) < 4.78 is 32.2. The van der Waals surface area contributed by atoms with Crippen molar-refractivity contribution >= 4 is 23.5 Å². The molecule has 2 N–H and O–H groups in total. The molecular formula is C19H26F2N4O4. The maximum Gasteiger partial charge on any atom is 0.321 e. The Morgan fingerprint density at radius 2 is 1.83 bits per heavy atom. The number of anilines is 1. The van der Waals surface area contributed by atoms with E-state index in [9.17, 15) is 23.2 Å². The van der Waals surface area contributed by atoms with Gasteiger partial charge < -0.3 is 19.9 Å². The Morgan fingerprint density at radius 1 is 1.17 bits per heavy atom. The molecule has 0 unspecified atom stereocenters. The fourth-order valence-electron chi connectivity index (χ4n) is 2.97. The third-order valence-electron chi connectivity index (χ3n) is 4.72. The molecule has 2 rings (SSSR count). The smallest absolute Gasteiger partial charge is 0.321 e. The van der Waals surface area contributed by atoms with Crippen LogP contribution in [0.4, 0.5) is 19.3 Å². The number of ether oxygens (including phenoxy) is 1. The predicted molar refractivity (Wildman–Crippen MR) is 103 cm³/mol. The molecule has 1 heterocycles. The van der Waals surface area contributed by atoms with Crippen LogP contribution in [0.5, 0.6) is 5.75 Å². The van der Waals surface area contributed by atoms with E-state index in [2.05, 4.69) is 10.6 Å². The number of methoxy groups -OCH3 is 1. The highest BCUT2D eigenvalue weighted by molar-refractivity contribution is 5.94. The molecule has 29 heavy (non-hydrogen) atoms. The van der Waals surface area contributed by atoms with Gasteiger partial charge in [-0.2, -0.15) is 4.39 Å². The van der Waals surface area contributed by atoms with Crippen LogP contribution in [-0.4, -0.2) is 62.6 Å². The van der Waals surface area contributed by atoms with Crippen molar-refractivity contribution in [3.05, 3.63) is 23.8 Å². The number of halogens is 2. The van der Waals surface area contributed by atoms with Gasteiger partial charge in [-0.25, -0.2) is 9.18 Å². The second kappa shape index (κ2) is 10.0. The molecule has 0 saturated carbocycles. The summed E-state index contributed by atoms with van der Waals surface area (Å²) in [5, 5.41) is 4.66. The van der Waals surface area contributed by atoms with E-state index in [1.165, 1.54) is 13.2 Å². The number of piperazine rings is 1. The van der Waals surface area contributed by atoms with Gasteiger partial charge in [0.05, 0.1) is 13.0 Å². The summed E-state index contributed by atoms with van der Waals surface area (Å²) >= 11 is 0. The zero-order chi connectivity index (χ0) is 21.6. The number of rotatable bonds is 6. The van der Waals surface area contributed by atoms with Crippen molar-refractivity contribution in [2.75, 3.05) is 44.7 Å². The van der Waals surface area contributed by atoms with E-state index in [1.807, 2.05) is 4.90 Å². The molecule has 0 bridgehead atoms. The lowest BCUT2D eigenvalue weighted by atomic mass is 10.1. The maximum absolute atomic E-state index is 13.7. The SMILES string of the molecule is CCC(=O)NC(=O)NC[C@H](C)C(=O)N1CCN(c2cc(F)c(F)c(OC)c2)CC1. The first kappa shape index (κ1) is 22.4. The highest BCUT2D eigenvalue weighted by Gasteiger charge is 2.26. The van der Waals surface area contributed by atoms with Gasteiger partial charge in [-0.15, -0.1) is 0 Å². The molecular weight excluding hydrogens is 386 g/mol. The molecule has 160 valence electrons. The number of urea groups is 1. The first-order valence-corrected chi connectivity index (χ1v) is 9.41. The topological polar surface area (TPSA) is 91.0 Å². The molecule has 0 spiro atoms. The third kappa shape index (κ3) is 5.78. The molecule has 1 saturated heterocycles. The maximum atomic E-state index is 13.7. The van der Waals surface area contributed by atoms with Crippen LogP contribution in [0.1, 0.15) is 20.3 Å². The average Bonchev–Trinajstić information content (AvgIpc) is 2.73. The molecule has 10 heteroatoms. The summed E-state index contributed by atoms with van der Waals surface area (Å²) in [7, 11) is 1.27. The lowest BCUT2D eigenvalue weighted by Gasteiger charge is -2.37. The van der Waals surface area contributed by atoms with Crippen LogP contribution in [0.2, 0.25) is 0 Å². The lowest BCUT2D eigenvalue weighted by molar-refractivity contribution is -0.135. The van der Waals surface area contributed by atoms with E-state index in [0.717, 1.165) is 6.07 Å². The average molecular weight is 412 g/mol. The van der Waals surface area contributed by atoms with Gasteiger partial charge in [0.2, 0.25) is 17.6 Å². The van der Waals surface area contributed by atoms with E-state index in [-0.39, 0.29) is 24.6 Å². The minimum absolute atomic E-state index is 0.0995. The Bertz CT molecular complexity index is 767. The summed E-state index contributed by atoms with van der Waals surface area (Å²) in [6, 6.07) is 1.91. The molecule has 1 atom stereocenters. The summed E-state index contributed by atoms with van der Waals surface area (Å²) in [6.45, 7) is 5.14. The molecule has 1 fully saturated rings. The minimum atomic E-state index is -1.03. The normalized spacial score (nSPS) is 14.9. The summed E-state index contributed by atoms with van der Waals surface area (Å²) in [5.41, 5.74) is 0.486. The van der Waals surface area contributed by atoms with Crippen LogP contribution in [-0.2, 0) is 9.59 Å². The quantitative estimate of drug-likeness (QED) is 0.739. The fraction of sp³-hybridized carbons (Fsp3) is 0.526. The van der Waals surface area contributed by atoms with E-state index < -0.39 is 29.5 Å². The fourth-order valence-corrected chi connectivity index (χ4v) is 2.97.